The SMILES string of the molecule is NC(=NCC(F)(F)F)NCCCCc1csc(NC(N)=NCC(F)(F)F)n1.O=C(O)C=CC(=O)O. The summed E-state index contributed by atoms with van der Waals surface area (Å²) in [5.41, 5.74) is 11.3. The quantitative estimate of drug-likeness (QED) is 0.0855. The van der Waals surface area contributed by atoms with Crippen LogP contribution >= 0.6 is 11.3 Å². The van der Waals surface area contributed by atoms with Crippen molar-refractivity contribution < 1.29 is 46.1 Å². The van der Waals surface area contributed by atoms with Crippen molar-refractivity contribution in [1.29, 1.82) is 0 Å². The van der Waals surface area contributed by atoms with E-state index in [-0.39, 0.29) is 11.9 Å². The van der Waals surface area contributed by atoms with E-state index in [9.17, 15) is 35.9 Å². The first kappa shape index (κ1) is 31.4. The zero-order valence-electron chi connectivity index (χ0n) is 17.9. The molecule has 18 heteroatoms. The molecule has 0 aliphatic rings. The van der Waals surface area contributed by atoms with Crippen molar-refractivity contribution in [3.05, 3.63) is 23.2 Å². The van der Waals surface area contributed by atoms with E-state index in [1.807, 2.05) is 0 Å². The number of nitrogens with zero attached hydrogens (tertiary/aromatic N) is 3. The number of halogens is 6. The number of rotatable bonds is 10. The molecule has 1 heterocycles. The van der Waals surface area contributed by atoms with Gasteiger partial charge in [0.15, 0.2) is 17.1 Å². The molecule has 35 heavy (non-hydrogen) atoms. The van der Waals surface area contributed by atoms with Crippen LogP contribution in [0, 0.1) is 0 Å². The number of aromatic nitrogens is 1. The number of aliphatic imine (C=N–C) groups is 2. The van der Waals surface area contributed by atoms with Crippen molar-refractivity contribution in [1.82, 2.24) is 10.3 Å². The molecule has 0 saturated carbocycles. The molecule has 0 aliphatic heterocycles. The molecule has 1 rings (SSSR count). The first-order valence-corrected chi connectivity index (χ1v) is 10.3. The molecule has 0 spiro atoms. The Morgan fingerprint density at radius 2 is 1.49 bits per heavy atom. The van der Waals surface area contributed by atoms with Crippen molar-refractivity contribution in [3.8, 4) is 0 Å². The van der Waals surface area contributed by atoms with Crippen LogP contribution in [0.25, 0.3) is 0 Å². The summed E-state index contributed by atoms with van der Waals surface area (Å²) in [5.74, 6) is -3.17. The number of hydrogen-bond acceptors (Lipinski definition) is 6. The van der Waals surface area contributed by atoms with Gasteiger partial charge < -0.3 is 32.3 Å². The van der Waals surface area contributed by atoms with E-state index in [2.05, 4.69) is 25.6 Å². The van der Waals surface area contributed by atoms with E-state index in [1.165, 1.54) is 0 Å². The second kappa shape index (κ2) is 15.4. The standard InChI is InChI=1S/C13H19F6N7S.C4H4O4/c14-12(15,16)6-23-9(20)22-4-2-1-3-8-5-27-11(25-8)26-10(21)24-7-13(17,18)19;5-3(6)1-2-4(7)8/h5H,1-4,6-7H2,(H3,20,22,23)(H3,21,24,25,26);1-2H,(H,5,6)(H,7,8). The summed E-state index contributed by atoms with van der Waals surface area (Å²) >= 11 is 1.16. The minimum absolute atomic E-state index is 0.277. The van der Waals surface area contributed by atoms with E-state index < -0.39 is 37.4 Å². The van der Waals surface area contributed by atoms with Crippen LogP contribution in [-0.2, 0) is 16.0 Å². The molecule has 0 aromatic carbocycles. The Labute approximate surface area is 198 Å². The van der Waals surface area contributed by atoms with Crippen LogP contribution in [0.2, 0.25) is 0 Å². The molecule has 0 aliphatic carbocycles. The monoisotopic (exact) mass is 535 g/mol. The molecule has 1 aromatic rings. The number of anilines is 1. The van der Waals surface area contributed by atoms with Crippen LogP contribution < -0.4 is 22.1 Å². The largest absolute Gasteiger partial charge is 0.478 e. The number of carbonyl (C=O) groups is 2. The normalized spacial score (nSPS) is 12.7. The molecule has 0 saturated heterocycles. The number of thiazole rings is 1. The Morgan fingerprint density at radius 1 is 0.971 bits per heavy atom. The van der Waals surface area contributed by atoms with Gasteiger partial charge in [-0.2, -0.15) is 26.3 Å². The minimum atomic E-state index is -4.44. The number of carboxylic acids is 2. The number of guanidine groups is 2. The lowest BCUT2D eigenvalue weighted by Gasteiger charge is -2.06. The van der Waals surface area contributed by atoms with E-state index in [1.54, 1.807) is 5.38 Å². The van der Waals surface area contributed by atoms with Gasteiger partial charge in [-0.25, -0.2) is 24.6 Å². The topological polar surface area (TPSA) is 188 Å². The van der Waals surface area contributed by atoms with Crippen LogP contribution in [0.1, 0.15) is 18.5 Å². The lowest BCUT2D eigenvalue weighted by atomic mass is 10.2. The first-order valence-electron chi connectivity index (χ1n) is 9.40. The zero-order chi connectivity index (χ0) is 27.1. The fraction of sp³-hybridized carbons (Fsp3) is 0.471. The number of aliphatic carboxylic acids is 2. The van der Waals surface area contributed by atoms with E-state index in [0.29, 0.717) is 48.8 Å². The van der Waals surface area contributed by atoms with Crippen LogP contribution in [0.5, 0.6) is 0 Å². The lowest BCUT2D eigenvalue weighted by Crippen LogP contribution is -2.33. The smallest absolute Gasteiger partial charge is 0.408 e. The summed E-state index contributed by atoms with van der Waals surface area (Å²) in [6.07, 6.45) is -5.87. The third-order valence-electron chi connectivity index (χ3n) is 3.18. The molecule has 0 amide bonds. The molecule has 0 fully saturated rings. The summed E-state index contributed by atoms with van der Waals surface area (Å²) < 4.78 is 72.0. The highest BCUT2D eigenvalue weighted by Gasteiger charge is 2.27. The summed E-state index contributed by atoms with van der Waals surface area (Å²) in [4.78, 5) is 29.6. The molecule has 0 radical (unpaired) electrons. The van der Waals surface area contributed by atoms with Gasteiger partial charge in [0.2, 0.25) is 0 Å². The summed E-state index contributed by atoms with van der Waals surface area (Å²) in [6, 6.07) is 0. The number of carboxylic acid groups (broad SMARTS) is 2. The Morgan fingerprint density at radius 3 is 1.97 bits per heavy atom. The highest BCUT2D eigenvalue weighted by Crippen LogP contribution is 2.18. The van der Waals surface area contributed by atoms with E-state index in [0.717, 1.165) is 11.3 Å². The number of nitrogens with one attached hydrogen (secondary N) is 2. The number of hydrogen-bond donors (Lipinski definition) is 6. The van der Waals surface area contributed by atoms with Crippen LogP contribution in [0.3, 0.4) is 0 Å². The lowest BCUT2D eigenvalue weighted by molar-refractivity contribution is -0.134. The van der Waals surface area contributed by atoms with Gasteiger partial charge in [0, 0.05) is 24.1 Å². The third-order valence-corrected chi connectivity index (χ3v) is 3.98. The Hall–Kier alpha value is -3.57. The van der Waals surface area contributed by atoms with Crippen molar-refractivity contribution >= 4 is 40.3 Å². The van der Waals surface area contributed by atoms with E-state index in [4.69, 9.17) is 21.7 Å². The predicted molar refractivity (Wildman–Crippen MR) is 116 cm³/mol. The van der Waals surface area contributed by atoms with Crippen molar-refractivity contribution in [2.45, 2.75) is 31.6 Å². The van der Waals surface area contributed by atoms with Gasteiger partial charge in [0.05, 0.1) is 5.69 Å². The average Bonchev–Trinajstić information content (AvgIpc) is 3.15. The molecular weight excluding hydrogens is 512 g/mol. The van der Waals surface area contributed by atoms with Gasteiger partial charge in [-0.05, 0) is 19.3 Å². The third kappa shape index (κ3) is 20.7. The van der Waals surface area contributed by atoms with E-state index >= 15 is 0 Å². The Bertz CT molecular complexity index is 884. The predicted octanol–water partition coefficient (Wildman–Crippen LogP) is 1.93. The van der Waals surface area contributed by atoms with Gasteiger partial charge >= 0.3 is 24.3 Å². The van der Waals surface area contributed by atoms with Crippen LogP contribution in [0.15, 0.2) is 27.5 Å². The minimum Gasteiger partial charge on any atom is -0.478 e. The molecule has 0 atom stereocenters. The number of unbranched alkanes of at least 4 members (excludes halogenated alkanes) is 1. The molecule has 11 nitrogen and oxygen atoms in total. The maximum atomic E-state index is 12.0. The van der Waals surface area contributed by atoms with Crippen molar-refractivity contribution in [2.24, 2.45) is 21.5 Å². The van der Waals surface area contributed by atoms with Crippen LogP contribution in [-0.4, -0.2) is 71.0 Å². The average molecular weight is 535 g/mol. The number of aryl methyl sites for hydroxylation is 1. The first-order chi connectivity index (χ1) is 16.1. The molecule has 198 valence electrons. The van der Waals surface area contributed by atoms with Gasteiger partial charge in [-0.15, -0.1) is 11.3 Å². The Balaban J connectivity index is 0.00000124. The second-order valence-electron chi connectivity index (χ2n) is 6.30. The van der Waals surface area contributed by atoms with Crippen LogP contribution in [0.4, 0.5) is 31.5 Å². The zero-order valence-corrected chi connectivity index (χ0v) is 18.7. The molecule has 1 aromatic heterocycles. The molecule has 8 N–H and O–H groups in total. The highest BCUT2D eigenvalue weighted by atomic mass is 32.1. The van der Waals surface area contributed by atoms with Gasteiger partial charge in [0.25, 0.3) is 0 Å². The van der Waals surface area contributed by atoms with Gasteiger partial charge in [0.1, 0.15) is 13.1 Å². The molecule has 0 unspecified atom stereocenters. The maximum Gasteiger partial charge on any atom is 0.408 e. The second-order valence-corrected chi connectivity index (χ2v) is 7.15. The number of nitrogens with two attached hydrogens (primary N) is 2. The maximum absolute atomic E-state index is 12.0. The fourth-order valence-corrected chi connectivity index (χ4v) is 2.58. The van der Waals surface area contributed by atoms with Gasteiger partial charge in [-0.1, -0.05) is 0 Å². The van der Waals surface area contributed by atoms with Crippen molar-refractivity contribution in [2.75, 3.05) is 25.0 Å². The fourth-order valence-electron chi connectivity index (χ4n) is 1.82. The highest BCUT2D eigenvalue weighted by molar-refractivity contribution is 7.13. The molecular formula is C17H23F6N7O4S. The summed E-state index contributed by atoms with van der Waals surface area (Å²) in [7, 11) is 0. The summed E-state index contributed by atoms with van der Waals surface area (Å²) in [6.45, 7) is -2.37. The molecule has 0 bridgehead atoms. The Kier molecular flexibility index (Phi) is 13.8. The summed E-state index contributed by atoms with van der Waals surface area (Å²) in [5, 5.41) is 22.7. The van der Waals surface area contributed by atoms with Crippen molar-refractivity contribution in [3.63, 3.8) is 0 Å². The number of alkyl halides is 6. The van der Waals surface area contributed by atoms with Gasteiger partial charge in [-0.3, -0.25) is 0 Å².